The third-order valence-corrected chi connectivity index (χ3v) is 7.53. The number of carbonyl (C=O) groups excluding carboxylic acids is 2. The number of primary amides is 1. The Labute approximate surface area is 206 Å². The number of hydrogen-bond donors (Lipinski definition) is 3. The molecule has 2 aliphatic rings. The molecule has 184 valence electrons. The Morgan fingerprint density at radius 2 is 1.94 bits per heavy atom. The van der Waals surface area contributed by atoms with Crippen molar-refractivity contribution in [3.63, 3.8) is 0 Å². The molecule has 0 unspecified atom stereocenters. The zero-order valence-electron chi connectivity index (χ0n) is 20.4. The summed E-state index contributed by atoms with van der Waals surface area (Å²) in [5.74, 6) is 0.493. The van der Waals surface area contributed by atoms with Crippen molar-refractivity contribution in [1.82, 2.24) is 15.3 Å². The number of amides is 2. The lowest BCUT2D eigenvalue weighted by Gasteiger charge is -2.40. The molecular weight excluding hydrogens is 442 g/mol. The second kappa shape index (κ2) is 10.3. The smallest absolute Gasteiger partial charge is 0.271 e. The Balaban J connectivity index is 1.58. The summed E-state index contributed by atoms with van der Waals surface area (Å²) in [6.45, 7) is 2.89. The fourth-order valence-electron chi connectivity index (χ4n) is 5.40. The van der Waals surface area contributed by atoms with Gasteiger partial charge in [0, 0.05) is 31.7 Å². The first kappa shape index (κ1) is 24.5. The number of nitrogens with two attached hydrogens (primary N) is 1. The zero-order chi connectivity index (χ0) is 25.0. The number of nitrogens with one attached hydrogen (secondary N) is 2. The number of hydrogen-bond acceptors (Lipinski definition) is 7. The van der Waals surface area contributed by atoms with Crippen LogP contribution in [-0.4, -0.2) is 41.4 Å². The Morgan fingerprint density at radius 1 is 1.23 bits per heavy atom. The lowest BCUT2D eigenvalue weighted by atomic mass is 9.80. The van der Waals surface area contributed by atoms with Crippen molar-refractivity contribution < 1.29 is 9.59 Å². The van der Waals surface area contributed by atoms with E-state index in [9.17, 15) is 14.9 Å². The lowest BCUT2D eigenvalue weighted by Crippen LogP contribution is -2.45. The minimum absolute atomic E-state index is 0.0282. The fourth-order valence-corrected chi connectivity index (χ4v) is 5.40. The molecule has 1 aliphatic carbocycles. The summed E-state index contributed by atoms with van der Waals surface area (Å²) in [5, 5.41) is 15.7. The van der Waals surface area contributed by atoms with Crippen molar-refractivity contribution in [2.24, 2.45) is 11.7 Å². The third-order valence-electron chi connectivity index (χ3n) is 7.53. The molecule has 0 bridgehead atoms. The van der Waals surface area contributed by atoms with Gasteiger partial charge in [-0.1, -0.05) is 25.0 Å². The standard InChI is InChI=1S/C26H33N7O2/c1-17-18(14-22(34)29-2)6-5-13-33(17)21-15-30-23(24(28)35)25(32-21)31-20-9-7-19(8-10-20)26(16-27)11-3-4-12-26/h7-10,15,17-18H,3-6,11-14H2,1-2H3,(H2,28,35)(H,29,34)(H,31,32)/t17-,18+/m1/s1. The van der Waals surface area contributed by atoms with Crippen LogP contribution in [0.1, 0.15) is 67.9 Å². The molecule has 0 radical (unpaired) electrons. The zero-order valence-corrected chi connectivity index (χ0v) is 20.4. The molecule has 2 fully saturated rings. The molecule has 2 heterocycles. The summed E-state index contributed by atoms with van der Waals surface area (Å²) in [4.78, 5) is 35.2. The summed E-state index contributed by atoms with van der Waals surface area (Å²) < 4.78 is 0. The van der Waals surface area contributed by atoms with Crippen molar-refractivity contribution in [3.05, 3.63) is 41.7 Å². The van der Waals surface area contributed by atoms with Crippen LogP contribution in [0.15, 0.2) is 30.5 Å². The maximum absolute atomic E-state index is 12.1. The van der Waals surface area contributed by atoms with Crippen LogP contribution >= 0.6 is 0 Å². The third kappa shape index (κ3) is 5.06. The van der Waals surface area contributed by atoms with Crippen molar-refractivity contribution >= 4 is 29.1 Å². The molecule has 1 aromatic heterocycles. The number of carbonyl (C=O) groups is 2. The minimum atomic E-state index is -0.665. The molecule has 2 aromatic rings. The first-order valence-electron chi connectivity index (χ1n) is 12.3. The maximum Gasteiger partial charge on any atom is 0.271 e. The predicted molar refractivity (Wildman–Crippen MR) is 134 cm³/mol. The van der Waals surface area contributed by atoms with E-state index >= 15 is 0 Å². The van der Waals surface area contributed by atoms with E-state index in [2.05, 4.69) is 33.5 Å². The van der Waals surface area contributed by atoms with Gasteiger partial charge in [-0.3, -0.25) is 9.59 Å². The number of benzene rings is 1. The quantitative estimate of drug-likeness (QED) is 0.558. The number of nitriles is 1. The van der Waals surface area contributed by atoms with E-state index < -0.39 is 11.3 Å². The van der Waals surface area contributed by atoms with Gasteiger partial charge < -0.3 is 21.3 Å². The Morgan fingerprint density at radius 3 is 2.57 bits per heavy atom. The normalized spacial score (nSPS) is 21.2. The van der Waals surface area contributed by atoms with E-state index in [0.717, 1.165) is 56.3 Å². The molecule has 35 heavy (non-hydrogen) atoms. The van der Waals surface area contributed by atoms with Crippen LogP contribution in [0.3, 0.4) is 0 Å². The maximum atomic E-state index is 12.1. The fraction of sp³-hybridized carbons (Fsp3) is 0.500. The van der Waals surface area contributed by atoms with Crippen LogP contribution in [0.4, 0.5) is 17.3 Å². The molecule has 4 N–H and O–H groups in total. The summed E-state index contributed by atoms with van der Waals surface area (Å²) in [6, 6.07) is 10.3. The van der Waals surface area contributed by atoms with Gasteiger partial charge in [-0.15, -0.1) is 0 Å². The van der Waals surface area contributed by atoms with E-state index in [1.54, 1.807) is 13.2 Å². The highest BCUT2D eigenvalue weighted by Crippen LogP contribution is 2.41. The molecule has 1 saturated carbocycles. The van der Waals surface area contributed by atoms with Gasteiger partial charge in [-0.25, -0.2) is 9.97 Å². The van der Waals surface area contributed by atoms with Gasteiger partial charge in [0.15, 0.2) is 11.5 Å². The highest BCUT2D eigenvalue weighted by Gasteiger charge is 2.35. The average molecular weight is 476 g/mol. The summed E-state index contributed by atoms with van der Waals surface area (Å²) in [5.41, 5.74) is 6.99. The van der Waals surface area contributed by atoms with E-state index in [1.165, 1.54) is 0 Å². The summed E-state index contributed by atoms with van der Waals surface area (Å²) in [7, 11) is 1.65. The van der Waals surface area contributed by atoms with Crippen LogP contribution in [0, 0.1) is 17.2 Å². The van der Waals surface area contributed by atoms with E-state index in [1.807, 2.05) is 24.3 Å². The molecule has 2 atom stereocenters. The van der Waals surface area contributed by atoms with Crippen molar-refractivity contribution in [2.45, 2.75) is 63.3 Å². The summed E-state index contributed by atoms with van der Waals surface area (Å²) >= 11 is 0. The highest BCUT2D eigenvalue weighted by molar-refractivity contribution is 5.96. The van der Waals surface area contributed by atoms with E-state index in [0.29, 0.717) is 18.1 Å². The second-order valence-corrected chi connectivity index (χ2v) is 9.61. The number of aromatic nitrogens is 2. The van der Waals surface area contributed by atoms with Crippen LogP contribution in [0.25, 0.3) is 0 Å². The molecule has 4 rings (SSSR count). The average Bonchev–Trinajstić information content (AvgIpc) is 3.36. The van der Waals surface area contributed by atoms with Gasteiger partial charge in [0.25, 0.3) is 5.91 Å². The molecule has 0 spiro atoms. The highest BCUT2D eigenvalue weighted by atomic mass is 16.2. The Hall–Kier alpha value is -3.67. The molecular formula is C26H33N7O2. The van der Waals surface area contributed by atoms with Crippen molar-refractivity contribution in [3.8, 4) is 6.07 Å². The molecule has 1 aliphatic heterocycles. The van der Waals surface area contributed by atoms with Gasteiger partial charge in [-0.2, -0.15) is 5.26 Å². The molecule has 9 heteroatoms. The van der Waals surface area contributed by atoms with Crippen LogP contribution in [0.2, 0.25) is 0 Å². The second-order valence-electron chi connectivity index (χ2n) is 9.61. The first-order chi connectivity index (χ1) is 16.9. The van der Waals surface area contributed by atoms with Gasteiger partial charge in [0.2, 0.25) is 5.91 Å². The van der Waals surface area contributed by atoms with Crippen molar-refractivity contribution in [1.29, 1.82) is 5.26 Å². The monoisotopic (exact) mass is 475 g/mol. The SMILES string of the molecule is CNC(=O)C[C@@H]1CCCN(c2cnc(C(N)=O)c(Nc3ccc(C4(C#N)CCCC4)cc3)n2)[C@@H]1C. The topological polar surface area (TPSA) is 137 Å². The molecule has 1 saturated heterocycles. The first-order valence-corrected chi connectivity index (χ1v) is 12.3. The van der Waals surface area contributed by atoms with Crippen LogP contribution in [0.5, 0.6) is 0 Å². The number of nitrogens with zero attached hydrogens (tertiary/aromatic N) is 4. The number of rotatable bonds is 7. The minimum Gasteiger partial charge on any atom is -0.364 e. The molecule has 1 aromatic carbocycles. The number of piperidine rings is 1. The Bertz CT molecular complexity index is 1120. The number of anilines is 3. The lowest BCUT2D eigenvalue weighted by molar-refractivity contribution is -0.121. The largest absolute Gasteiger partial charge is 0.364 e. The van der Waals surface area contributed by atoms with Gasteiger partial charge in [0.05, 0.1) is 17.7 Å². The van der Waals surface area contributed by atoms with Gasteiger partial charge in [0.1, 0.15) is 5.82 Å². The molecule has 9 nitrogen and oxygen atoms in total. The van der Waals surface area contributed by atoms with Gasteiger partial charge >= 0.3 is 0 Å². The van der Waals surface area contributed by atoms with E-state index in [4.69, 9.17) is 10.7 Å². The van der Waals surface area contributed by atoms with Crippen LogP contribution < -0.4 is 21.3 Å². The molecule has 2 amide bonds. The predicted octanol–water partition coefficient (Wildman–Crippen LogP) is 3.40. The summed E-state index contributed by atoms with van der Waals surface area (Å²) in [6.07, 6.45) is 7.84. The Kier molecular flexibility index (Phi) is 7.20. The van der Waals surface area contributed by atoms with E-state index in [-0.39, 0.29) is 23.6 Å². The van der Waals surface area contributed by atoms with Crippen molar-refractivity contribution in [2.75, 3.05) is 23.8 Å². The van der Waals surface area contributed by atoms with Gasteiger partial charge in [-0.05, 0) is 56.2 Å². The van der Waals surface area contributed by atoms with Crippen LogP contribution in [-0.2, 0) is 10.2 Å².